The fraction of sp³-hybridized carbons (Fsp3) is 0.231. The topological polar surface area (TPSA) is 64.2 Å². The molecule has 0 aliphatic rings. The summed E-state index contributed by atoms with van der Waals surface area (Å²) in [5.74, 6) is -0.977. The normalized spacial score (nSPS) is 10.5. The maximum Gasteiger partial charge on any atom is 0.370 e. The van der Waals surface area contributed by atoms with E-state index < -0.39 is 17.3 Å². The summed E-state index contributed by atoms with van der Waals surface area (Å²) >= 11 is 0. The molecule has 1 N–H and O–H groups in total. The van der Waals surface area contributed by atoms with Crippen LogP contribution in [0.1, 0.15) is 21.6 Å². The van der Waals surface area contributed by atoms with Gasteiger partial charge < -0.3 is 9.84 Å². The molecule has 100 valence electrons. The molecular weight excluding hydrogens is 251 g/mol. The number of hydrogen-bond donors (Lipinski definition) is 1. The minimum atomic E-state index is -0.703. The fourth-order valence-electron chi connectivity index (χ4n) is 1.71. The second-order valence-electron chi connectivity index (χ2n) is 4.11. The summed E-state index contributed by atoms with van der Waals surface area (Å²) in [5, 5.41) is 2.50. The number of carbonyl (C=O) groups excluding carboxylic acids is 1. The third-order valence-electron chi connectivity index (χ3n) is 2.88. The van der Waals surface area contributed by atoms with Crippen molar-refractivity contribution < 1.29 is 13.7 Å². The van der Waals surface area contributed by atoms with E-state index in [9.17, 15) is 14.0 Å². The lowest BCUT2D eigenvalue weighted by Gasteiger charge is -2.05. The summed E-state index contributed by atoms with van der Waals surface area (Å²) in [6.45, 7) is 1.61. The lowest BCUT2D eigenvalue weighted by Crippen LogP contribution is -2.27. The van der Waals surface area contributed by atoms with Crippen LogP contribution < -0.4 is 10.9 Å². The number of halogens is 1. The highest BCUT2D eigenvalue weighted by Crippen LogP contribution is 2.07. The molecule has 1 aromatic carbocycles. The molecule has 0 aliphatic heterocycles. The third-order valence-corrected chi connectivity index (χ3v) is 2.88. The quantitative estimate of drug-likeness (QED) is 0.910. The van der Waals surface area contributed by atoms with Gasteiger partial charge in [-0.2, -0.15) is 0 Å². The predicted molar refractivity (Wildman–Crippen MR) is 66.3 cm³/mol. The number of hydrogen-bond acceptors (Lipinski definition) is 3. The van der Waals surface area contributed by atoms with E-state index in [4.69, 9.17) is 4.52 Å². The number of rotatable bonds is 3. The molecule has 0 saturated carbocycles. The van der Waals surface area contributed by atoms with Crippen LogP contribution in [0.3, 0.4) is 0 Å². The van der Waals surface area contributed by atoms with Crippen LogP contribution in [0.4, 0.5) is 4.39 Å². The molecule has 0 atom stereocenters. The van der Waals surface area contributed by atoms with Crippen molar-refractivity contribution in [2.24, 2.45) is 7.05 Å². The average molecular weight is 264 g/mol. The summed E-state index contributed by atoms with van der Waals surface area (Å²) in [6.07, 6.45) is 0. The van der Waals surface area contributed by atoms with Crippen LogP contribution in [0.2, 0.25) is 0 Å². The van der Waals surface area contributed by atoms with Crippen molar-refractivity contribution >= 4 is 5.91 Å². The molecular formula is C13H13FN2O3. The molecule has 19 heavy (non-hydrogen) atoms. The third kappa shape index (κ3) is 2.57. The molecule has 0 saturated heterocycles. The maximum absolute atomic E-state index is 13.4. The first-order valence-corrected chi connectivity index (χ1v) is 5.69. The second-order valence-corrected chi connectivity index (χ2v) is 4.11. The van der Waals surface area contributed by atoms with E-state index in [0.29, 0.717) is 11.3 Å². The number of aryl methyl sites for hydroxylation is 1. The predicted octanol–water partition coefficient (Wildman–Crippen LogP) is 1.36. The van der Waals surface area contributed by atoms with Gasteiger partial charge in [0.15, 0.2) is 0 Å². The van der Waals surface area contributed by atoms with Crippen molar-refractivity contribution in [1.29, 1.82) is 0 Å². The van der Waals surface area contributed by atoms with Crippen molar-refractivity contribution in [2.45, 2.75) is 13.5 Å². The molecule has 0 spiro atoms. The molecule has 2 rings (SSSR count). The molecule has 5 nitrogen and oxygen atoms in total. The molecule has 2 aromatic rings. The Bertz CT molecular complexity index is 673. The van der Waals surface area contributed by atoms with Crippen molar-refractivity contribution in [1.82, 2.24) is 10.1 Å². The maximum atomic E-state index is 13.4. The number of carbonyl (C=O) groups is 1. The van der Waals surface area contributed by atoms with Crippen LogP contribution in [0.5, 0.6) is 0 Å². The smallest absolute Gasteiger partial charge is 0.348 e. The number of aromatic nitrogens is 1. The Morgan fingerprint density at radius 2 is 2.11 bits per heavy atom. The minimum absolute atomic E-state index is 0.0132. The fourth-order valence-corrected chi connectivity index (χ4v) is 1.71. The highest BCUT2D eigenvalue weighted by molar-refractivity contribution is 5.94. The first kappa shape index (κ1) is 13.1. The largest absolute Gasteiger partial charge is 0.370 e. The summed E-state index contributed by atoms with van der Waals surface area (Å²) < 4.78 is 19.4. The van der Waals surface area contributed by atoms with Gasteiger partial charge in [0.25, 0.3) is 5.91 Å². The highest BCUT2D eigenvalue weighted by Gasteiger charge is 2.19. The van der Waals surface area contributed by atoms with Gasteiger partial charge in [-0.1, -0.05) is 18.2 Å². The Balaban J connectivity index is 2.15. The Morgan fingerprint density at radius 1 is 1.42 bits per heavy atom. The summed E-state index contributed by atoms with van der Waals surface area (Å²) in [7, 11) is 1.53. The van der Waals surface area contributed by atoms with Crippen LogP contribution >= 0.6 is 0 Å². The van der Waals surface area contributed by atoms with Gasteiger partial charge in [-0.3, -0.25) is 4.79 Å². The zero-order chi connectivity index (χ0) is 14.0. The van der Waals surface area contributed by atoms with E-state index in [-0.39, 0.29) is 12.1 Å². The Labute approximate surface area is 108 Å². The SMILES string of the molecule is Cc1c(C(=O)NCc2ccccc2F)c(=O)on1C. The van der Waals surface area contributed by atoms with Crippen molar-refractivity contribution in [3.63, 3.8) is 0 Å². The molecule has 0 aliphatic carbocycles. The Morgan fingerprint density at radius 3 is 2.68 bits per heavy atom. The first-order valence-electron chi connectivity index (χ1n) is 5.69. The van der Waals surface area contributed by atoms with Crippen molar-refractivity contribution in [3.8, 4) is 0 Å². The second kappa shape index (κ2) is 5.09. The zero-order valence-electron chi connectivity index (χ0n) is 10.6. The highest BCUT2D eigenvalue weighted by atomic mass is 19.1. The van der Waals surface area contributed by atoms with Crippen molar-refractivity contribution in [3.05, 3.63) is 57.3 Å². The van der Waals surface area contributed by atoms with Crippen molar-refractivity contribution in [2.75, 3.05) is 0 Å². The van der Waals surface area contributed by atoms with Gasteiger partial charge in [0.2, 0.25) is 0 Å². The van der Waals surface area contributed by atoms with Gasteiger partial charge in [0.1, 0.15) is 11.4 Å². The molecule has 0 radical (unpaired) electrons. The summed E-state index contributed by atoms with van der Waals surface area (Å²) in [6, 6.07) is 6.11. The number of benzene rings is 1. The summed E-state index contributed by atoms with van der Waals surface area (Å²) in [4.78, 5) is 23.3. The van der Waals surface area contributed by atoms with E-state index >= 15 is 0 Å². The molecule has 0 bridgehead atoms. The van der Waals surface area contributed by atoms with Gasteiger partial charge in [0.05, 0.1) is 5.69 Å². The molecule has 1 aromatic heterocycles. The average Bonchev–Trinajstić information content (AvgIpc) is 2.62. The standard InChI is InChI=1S/C13H13FN2O3/c1-8-11(13(18)19-16(8)2)12(17)15-7-9-5-3-4-6-10(9)14/h3-6H,7H2,1-2H3,(H,15,17). The van der Waals surface area contributed by atoms with E-state index in [2.05, 4.69) is 5.32 Å². The van der Waals surface area contributed by atoms with Gasteiger partial charge in [-0.25, -0.2) is 13.9 Å². The van der Waals surface area contributed by atoms with Crippen LogP contribution in [0.25, 0.3) is 0 Å². The number of nitrogens with zero attached hydrogens (tertiary/aromatic N) is 1. The van der Waals surface area contributed by atoms with E-state index in [1.165, 1.54) is 17.9 Å². The van der Waals surface area contributed by atoms with Gasteiger partial charge >= 0.3 is 5.63 Å². The van der Waals surface area contributed by atoms with E-state index in [1.807, 2.05) is 0 Å². The van der Waals surface area contributed by atoms with Gasteiger partial charge in [0, 0.05) is 19.2 Å². The molecule has 6 heteroatoms. The van der Waals surface area contributed by atoms with Crippen LogP contribution in [-0.2, 0) is 13.6 Å². The zero-order valence-corrected chi connectivity index (χ0v) is 10.6. The minimum Gasteiger partial charge on any atom is -0.348 e. The number of amides is 1. The monoisotopic (exact) mass is 264 g/mol. The van der Waals surface area contributed by atoms with E-state index in [1.54, 1.807) is 25.1 Å². The van der Waals surface area contributed by atoms with Gasteiger partial charge in [-0.15, -0.1) is 0 Å². The molecule has 0 fully saturated rings. The molecule has 1 amide bonds. The van der Waals surface area contributed by atoms with Gasteiger partial charge in [-0.05, 0) is 13.0 Å². The lowest BCUT2D eigenvalue weighted by molar-refractivity contribution is 0.0948. The summed E-state index contributed by atoms with van der Waals surface area (Å²) in [5.41, 5.74) is 0.0229. The lowest BCUT2D eigenvalue weighted by atomic mass is 10.2. The number of nitrogens with one attached hydrogen (secondary N) is 1. The Hall–Kier alpha value is -2.37. The van der Waals surface area contributed by atoms with Crippen LogP contribution in [-0.4, -0.2) is 10.6 Å². The van der Waals surface area contributed by atoms with E-state index in [0.717, 1.165) is 0 Å². The first-order chi connectivity index (χ1) is 9.00. The molecule has 1 heterocycles. The van der Waals surface area contributed by atoms with Crippen LogP contribution in [0.15, 0.2) is 33.6 Å². The van der Waals surface area contributed by atoms with Crippen LogP contribution in [0, 0.1) is 12.7 Å². The Kier molecular flexibility index (Phi) is 3.50. The molecule has 0 unspecified atom stereocenters.